The summed E-state index contributed by atoms with van der Waals surface area (Å²) in [5.41, 5.74) is 0.952. The van der Waals surface area contributed by atoms with Crippen molar-refractivity contribution in [2.24, 2.45) is 0 Å². The van der Waals surface area contributed by atoms with E-state index in [1.807, 2.05) is 42.6 Å². The van der Waals surface area contributed by atoms with Gasteiger partial charge in [0.2, 0.25) is 5.95 Å². The van der Waals surface area contributed by atoms with Gasteiger partial charge in [-0.2, -0.15) is 0 Å². The first-order valence-electron chi connectivity index (χ1n) is 5.90. The summed E-state index contributed by atoms with van der Waals surface area (Å²) in [5.74, 6) is 1.61. The molecule has 90 valence electrons. The van der Waals surface area contributed by atoms with Crippen molar-refractivity contribution in [3.63, 3.8) is 0 Å². The number of nitrogens with zero attached hydrogens (tertiary/aromatic N) is 2. The third kappa shape index (κ3) is 2.32. The van der Waals surface area contributed by atoms with Gasteiger partial charge in [0.15, 0.2) is 0 Å². The number of hydrogen-bond acceptors (Lipinski definition) is 4. The standard InChI is InChI=1S/C14H13N3O/c1-2-6-13-11(4-1)10-16-14(17-13)15-8-7-12-5-3-9-18-12/h1-6,9-10H,7-8H2,(H,15,16,17). The Morgan fingerprint density at radius 3 is 2.94 bits per heavy atom. The molecular formula is C14H13N3O. The van der Waals surface area contributed by atoms with Gasteiger partial charge in [0.25, 0.3) is 0 Å². The quantitative estimate of drug-likeness (QED) is 0.760. The van der Waals surface area contributed by atoms with Gasteiger partial charge in [-0.1, -0.05) is 18.2 Å². The lowest BCUT2D eigenvalue weighted by Gasteiger charge is -2.04. The molecule has 2 aromatic heterocycles. The molecule has 0 atom stereocenters. The summed E-state index contributed by atoms with van der Waals surface area (Å²) in [7, 11) is 0. The van der Waals surface area contributed by atoms with Gasteiger partial charge in [-0.3, -0.25) is 0 Å². The summed E-state index contributed by atoms with van der Waals surface area (Å²) in [6.07, 6.45) is 4.34. The zero-order chi connectivity index (χ0) is 12.2. The molecule has 0 saturated carbocycles. The number of para-hydroxylation sites is 1. The number of hydrogen-bond donors (Lipinski definition) is 1. The minimum atomic E-state index is 0.653. The highest BCUT2D eigenvalue weighted by Crippen LogP contribution is 2.11. The van der Waals surface area contributed by atoms with E-state index in [0.29, 0.717) is 5.95 Å². The lowest BCUT2D eigenvalue weighted by atomic mass is 10.2. The maximum Gasteiger partial charge on any atom is 0.223 e. The summed E-state index contributed by atoms with van der Waals surface area (Å²) in [6.45, 7) is 0.756. The predicted octanol–water partition coefficient (Wildman–Crippen LogP) is 2.88. The molecule has 18 heavy (non-hydrogen) atoms. The van der Waals surface area contributed by atoms with Crippen LogP contribution in [0.3, 0.4) is 0 Å². The van der Waals surface area contributed by atoms with E-state index < -0.39 is 0 Å². The summed E-state index contributed by atoms with van der Waals surface area (Å²) >= 11 is 0. The molecule has 0 bridgehead atoms. The highest BCUT2D eigenvalue weighted by atomic mass is 16.3. The Hall–Kier alpha value is -2.36. The minimum Gasteiger partial charge on any atom is -0.469 e. The van der Waals surface area contributed by atoms with E-state index in [1.54, 1.807) is 6.26 Å². The van der Waals surface area contributed by atoms with Gasteiger partial charge in [0.05, 0.1) is 11.8 Å². The molecule has 0 aliphatic heterocycles. The van der Waals surface area contributed by atoms with E-state index in [-0.39, 0.29) is 0 Å². The largest absolute Gasteiger partial charge is 0.469 e. The molecule has 0 spiro atoms. The van der Waals surface area contributed by atoms with Crippen LogP contribution in [0, 0.1) is 0 Å². The van der Waals surface area contributed by atoms with Crippen molar-refractivity contribution >= 4 is 16.9 Å². The fourth-order valence-electron chi connectivity index (χ4n) is 1.81. The fraction of sp³-hybridized carbons (Fsp3) is 0.143. The van der Waals surface area contributed by atoms with Crippen LogP contribution in [0.2, 0.25) is 0 Å². The zero-order valence-electron chi connectivity index (χ0n) is 9.84. The highest BCUT2D eigenvalue weighted by molar-refractivity contribution is 5.78. The Kier molecular flexibility index (Phi) is 2.92. The molecule has 1 aromatic carbocycles. The van der Waals surface area contributed by atoms with Crippen LogP contribution < -0.4 is 5.32 Å². The second kappa shape index (κ2) is 4.87. The predicted molar refractivity (Wildman–Crippen MR) is 70.4 cm³/mol. The first-order valence-corrected chi connectivity index (χ1v) is 5.90. The molecule has 4 nitrogen and oxygen atoms in total. The highest BCUT2D eigenvalue weighted by Gasteiger charge is 2.00. The Labute approximate surface area is 105 Å². The first-order chi connectivity index (χ1) is 8.92. The molecule has 0 unspecified atom stereocenters. The number of furan rings is 1. The van der Waals surface area contributed by atoms with Crippen molar-refractivity contribution in [2.45, 2.75) is 6.42 Å². The van der Waals surface area contributed by atoms with Crippen LogP contribution in [0.1, 0.15) is 5.76 Å². The van der Waals surface area contributed by atoms with Gasteiger partial charge in [0, 0.05) is 24.5 Å². The number of aromatic nitrogens is 2. The average Bonchev–Trinajstić information content (AvgIpc) is 2.92. The second-order valence-corrected chi connectivity index (χ2v) is 4.01. The molecule has 0 fully saturated rings. The third-order valence-electron chi connectivity index (χ3n) is 2.72. The van der Waals surface area contributed by atoms with Crippen LogP contribution in [0.25, 0.3) is 10.9 Å². The minimum absolute atomic E-state index is 0.653. The van der Waals surface area contributed by atoms with Gasteiger partial charge in [0.1, 0.15) is 5.76 Å². The molecule has 3 aromatic rings. The monoisotopic (exact) mass is 239 g/mol. The maximum atomic E-state index is 5.26. The van der Waals surface area contributed by atoms with Crippen LogP contribution in [-0.4, -0.2) is 16.5 Å². The van der Waals surface area contributed by atoms with Gasteiger partial charge in [-0.15, -0.1) is 0 Å². The van der Waals surface area contributed by atoms with E-state index in [1.165, 1.54) is 0 Å². The van der Waals surface area contributed by atoms with Gasteiger partial charge in [-0.05, 0) is 18.2 Å². The van der Waals surface area contributed by atoms with Gasteiger partial charge in [-0.25, -0.2) is 9.97 Å². The normalized spacial score (nSPS) is 10.7. The van der Waals surface area contributed by atoms with E-state index >= 15 is 0 Å². The number of benzene rings is 1. The zero-order valence-corrected chi connectivity index (χ0v) is 9.84. The number of nitrogens with one attached hydrogen (secondary N) is 1. The topological polar surface area (TPSA) is 51.0 Å². The molecule has 2 heterocycles. The molecule has 0 aliphatic carbocycles. The lowest BCUT2D eigenvalue weighted by molar-refractivity contribution is 0.512. The van der Waals surface area contributed by atoms with Gasteiger partial charge >= 0.3 is 0 Å². The van der Waals surface area contributed by atoms with Crippen LogP contribution in [0.5, 0.6) is 0 Å². The maximum absolute atomic E-state index is 5.26. The third-order valence-corrected chi connectivity index (χ3v) is 2.72. The van der Waals surface area contributed by atoms with Crippen LogP contribution in [0.4, 0.5) is 5.95 Å². The molecule has 4 heteroatoms. The molecule has 0 radical (unpaired) electrons. The summed E-state index contributed by atoms with van der Waals surface area (Å²) < 4.78 is 5.26. The Morgan fingerprint density at radius 2 is 2.06 bits per heavy atom. The summed E-state index contributed by atoms with van der Waals surface area (Å²) in [5, 5.41) is 4.24. The SMILES string of the molecule is c1coc(CCNc2ncc3ccccc3n2)c1. The van der Waals surface area contributed by atoms with Crippen molar-refractivity contribution in [2.75, 3.05) is 11.9 Å². The van der Waals surface area contributed by atoms with Crippen LogP contribution in [0.15, 0.2) is 53.3 Å². The Bertz CT molecular complexity index is 634. The molecule has 1 N–H and O–H groups in total. The van der Waals surface area contributed by atoms with E-state index in [4.69, 9.17) is 4.42 Å². The number of anilines is 1. The first kappa shape index (κ1) is 10.8. The molecule has 0 saturated heterocycles. The van der Waals surface area contributed by atoms with Crippen molar-refractivity contribution in [1.29, 1.82) is 0 Å². The fourth-order valence-corrected chi connectivity index (χ4v) is 1.81. The van der Waals surface area contributed by atoms with Crippen LogP contribution >= 0.6 is 0 Å². The van der Waals surface area contributed by atoms with Crippen molar-refractivity contribution in [1.82, 2.24) is 9.97 Å². The Balaban J connectivity index is 1.67. The van der Waals surface area contributed by atoms with E-state index in [2.05, 4.69) is 15.3 Å². The molecule has 3 rings (SSSR count). The lowest BCUT2D eigenvalue weighted by Crippen LogP contribution is -2.07. The van der Waals surface area contributed by atoms with E-state index in [9.17, 15) is 0 Å². The van der Waals surface area contributed by atoms with Crippen molar-refractivity contribution < 1.29 is 4.42 Å². The number of fused-ring (bicyclic) bond motifs is 1. The molecular weight excluding hydrogens is 226 g/mol. The number of rotatable bonds is 4. The molecule has 0 amide bonds. The van der Waals surface area contributed by atoms with Crippen molar-refractivity contribution in [3.8, 4) is 0 Å². The second-order valence-electron chi connectivity index (χ2n) is 4.01. The van der Waals surface area contributed by atoms with Crippen molar-refractivity contribution in [3.05, 3.63) is 54.6 Å². The Morgan fingerprint density at radius 1 is 1.11 bits per heavy atom. The van der Waals surface area contributed by atoms with Gasteiger partial charge < -0.3 is 9.73 Å². The molecule has 0 aliphatic rings. The van der Waals surface area contributed by atoms with Crippen LogP contribution in [-0.2, 0) is 6.42 Å². The smallest absolute Gasteiger partial charge is 0.223 e. The average molecular weight is 239 g/mol. The van der Waals surface area contributed by atoms with E-state index in [0.717, 1.165) is 29.6 Å². The summed E-state index contributed by atoms with van der Waals surface area (Å²) in [6, 6.07) is 11.8. The summed E-state index contributed by atoms with van der Waals surface area (Å²) in [4.78, 5) is 8.71.